The predicted octanol–water partition coefficient (Wildman–Crippen LogP) is 3.13. The summed E-state index contributed by atoms with van der Waals surface area (Å²) in [6.07, 6.45) is 0. The zero-order valence-electron chi connectivity index (χ0n) is 11.2. The molecule has 0 saturated heterocycles. The third-order valence-electron chi connectivity index (χ3n) is 2.67. The van der Waals surface area contributed by atoms with E-state index in [1.807, 2.05) is 0 Å². The van der Waals surface area contributed by atoms with Gasteiger partial charge in [0.05, 0.1) is 16.5 Å². The molecule has 0 bridgehead atoms. The number of hydrogen-bond donors (Lipinski definition) is 0. The van der Waals surface area contributed by atoms with Crippen LogP contribution in [-0.4, -0.2) is 20.5 Å². The topological polar surface area (TPSA) is 95.7 Å². The molecule has 0 saturated carbocycles. The van der Waals surface area contributed by atoms with Crippen molar-refractivity contribution in [3.8, 4) is 11.5 Å². The van der Waals surface area contributed by atoms with Crippen molar-refractivity contribution < 1.29 is 22.3 Å². The van der Waals surface area contributed by atoms with Crippen LogP contribution in [0.4, 0.5) is 5.69 Å². The Morgan fingerprint density at radius 3 is 2.27 bits per heavy atom. The molecule has 22 heavy (non-hydrogen) atoms. The Hall–Kier alpha value is -2.13. The Bertz CT molecular complexity index is 804. The van der Waals surface area contributed by atoms with Crippen LogP contribution in [0.2, 0.25) is 0 Å². The molecule has 2 aromatic carbocycles. The summed E-state index contributed by atoms with van der Waals surface area (Å²) in [5, 5.41) is 10.5. The lowest BCUT2D eigenvalue weighted by Crippen LogP contribution is -2.09. The highest BCUT2D eigenvalue weighted by Gasteiger charge is 2.19. The van der Waals surface area contributed by atoms with Crippen LogP contribution in [0, 0.1) is 10.1 Å². The van der Waals surface area contributed by atoms with Crippen molar-refractivity contribution in [3.05, 3.63) is 57.1 Å². The molecule has 116 valence electrons. The molecule has 0 fully saturated rings. The van der Waals surface area contributed by atoms with Crippen molar-refractivity contribution in [2.75, 3.05) is 7.11 Å². The minimum atomic E-state index is -4.05. The second-order valence-electron chi connectivity index (χ2n) is 4.08. The molecule has 9 heteroatoms. The Morgan fingerprint density at radius 1 is 1.14 bits per heavy atom. The van der Waals surface area contributed by atoms with E-state index < -0.39 is 15.0 Å². The van der Waals surface area contributed by atoms with Gasteiger partial charge in [-0.3, -0.25) is 10.1 Å². The highest BCUT2D eigenvalue weighted by atomic mass is 79.9. The number of hydrogen-bond acceptors (Lipinski definition) is 6. The van der Waals surface area contributed by atoms with Crippen LogP contribution in [0.15, 0.2) is 51.8 Å². The van der Waals surface area contributed by atoms with E-state index in [9.17, 15) is 18.5 Å². The Labute approximate surface area is 134 Å². The third kappa shape index (κ3) is 3.55. The molecule has 0 N–H and O–H groups in total. The monoisotopic (exact) mass is 387 g/mol. The van der Waals surface area contributed by atoms with Gasteiger partial charge in [0.25, 0.3) is 5.69 Å². The molecule has 0 aromatic heterocycles. The molecule has 0 aliphatic heterocycles. The number of nitrogens with zero attached hydrogens (tertiary/aromatic N) is 1. The zero-order chi connectivity index (χ0) is 16.3. The van der Waals surface area contributed by atoms with Gasteiger partial charge in [0, 0.05) is 12.1 Å². The van der Waals surface area contributed by atoms with Gasteiger partial charge < -0.3 is 8.92 Å². The van der Waals surface area contributed by atoms with Crippen molar-refractivity contribution in [3.63, 3.8) is 0 Å². The maximum Gasteiger partial charge on any atom is 0.339 e. The lowest BCUT2D eigenvalue weighted by molar-refractivity contribution is -0.384. The lowest BCUT2D eigenvalue weighted by Gasteiger charge is -2.09. The van der Waals surface area contributed by atoms with Gasteiger partial charge in [0.15, 0.2) is 0 Å². The predicted molar refractivity (Wildman–Crippen MR) is 81.6 cm³/mol. The third-order valence-corrected chi connectivity index (χ3v) is 4.53. The molecule has 0 aliphatic carbocycles. The van der Waals surface area contributed by atoms with Gasteiger partial charge in [-0.25, -0.2) is 0 Å². The van der Waals surface area contributed by atoms with Gasteiger partial charge in [-0.2, -0.15) is 8.42 Å². The van der Waals surface area contributed by atoms with E-state index in [-0.39, 0.29) is 16.3 Å². The maximum atomic E-state index is 12.2. The molecule has 7 nitrogen and oxygen atoms in total. The summed E-state index contributed by atoms with van der Waals surface area (Å²) >= 11 is 3.19. The standard InChI is InChI=1S/C13H10BrNO6S/c1-20-13-7-6-11(8-12(13)14)22(18,19)21-10-4-2-9(3-5-10)15(16)17/h2-8H,1H3. The van der Waals surface area contributed by atoms with E-state index in [0.29, 0.717) is 10.2 Å². The van der Waals surface area contributed by atoms with E-state index in [1.165, 1.54) is 37.4 Å². The van der Waals surface area contributed by atoms with Crippen LogP contribution < -0.4 is 8.92 Å². The maximum absolute atomic E-state index is 12.2. The van der Waals surface area contributed by atoms with Gasteiger partial charge >= 0.3 is 10.1 Å². The molecule has 0 heterocycles. The Balaban J connectivity index is 2.27. The number of halogens is 1. The van der Waals surface area contributed by atoms with E-state index in [1.54, 1.807) is 0 Å². The van der Waals surface area contributed by atoms with E-state index in [0.717, 1.165) is 12.1 Å². The van der Waals surface area contributed by atoms with Crippen LogP contribution >= 0.6 is 15.9 Å². The van der Waals surface area contributed by atoms with Gasteiger partial charge in [-0.1, -0.05) is 0 Å². The lowest BCUT2D eigenvalue weighted by atomic mass is 10.3. The van der Waals surface area contributed by atoms with Gasteiger partial charge in [-0.05, 0) is 46.3 Å². The van der Waals surface area contributed by atoms with Crippen molar-refractivity contribution in [2.24, 2.45) is 0 Å². The van der Waals surface area contributed by atoms with Gasteiger partial charge in [-0.15, -0.1) is 0 Å². The quantitative estimate of drug-likeness (QED) is 0.444. The fourth-order valence-corrected chi connectivity index (χ4v) is 3.25. The Kier molecular flexibility index (Phi) is 4.67. The fraction of sp³-hybridized carbons (Fsp3) is 0.0769. The molecule has 0 amide bonds. The average molecular weight is 388 g/mol. The molecular weight excluding hydrogens is 378 g/mol. The van der Waals surface area contributed by atoms with Crippen molar-refractivity contribution in [2.45, 2.75) is 4.90 Å². The second kappa shape index (κ2) is 6.32. The smallest absolute Gasteiger partial charge is 0.339 e. The van der Waals surface area contributed by atoms with Crippen LogP contribution in [-0.2, 0) is 10.1 Å². The minimum Gasteiger partial charge on any atom is -0.496 e. The average Bonchev–Trinajstić information content (AvgIpc) is 2.47. The van der Waals surface area contributed by atoms with Crippen LogP contribution in [0.5, 0.6) is 11.5 Å². The zero-order valence-corrected chi connectivity index (χ0v) is 13.6. The summed E-state index contributed by atoms with van der Waals surface area (Å²) < 4.78 is 34.7. The number of nitro benzene ring substituents is 1. The highest BCUT2D eigenvalue weighted by molar-refractivity contribution is 9.10. The molecule has 0 radical (unpaired) electrons. The van der Waals surface area contributed by atoms with E-state index in [4.69, 9.17) is 8.92 Å². The number of methoxy groups -OCH3 is 1. The summed E-state index contributed by atoms with van der Waals surface area (Å²) in [6.45, 7) is 0. The van der Waals surface area contributed by atoms with E-state index in [2.05, 4.69) is 15.9 Å². The molecular formula is C13H10BrNO6S. The number of non-ortho nitro benzene ring substituents is 1. The number of rotatable bonds is 5. The molecule has 0 spiro atoms. The first kappa shape index (κ1) is 16.2. The summed E-state index contributed by atoms with van der Waals surface area (Å²) in [5.41, 5.74) is -0.156. The van der Waals surface area contributed by atoms with Gasteiger partial charge in [0.1, 0.15) is 16.4 Å². The SMILES string of the molecule is COc1ccc(S(=O)(=O)Oc2ccc([N+](=O)[O-])cc2)cc1Br. The van der Waals surface area contributed by atoms with E-state index >= 15 is 0 Å². The first-order valence-electron chi connectivity index (χ1n) is 5.86. The molecule has 0 atom stereocenters. The first-order valence-corrected chi connectivity index (χ1v) is 8.06. The summed E-state index contributed by atoms with van der Waals surface area (Å²) in [4.78, 5) is 9.89. The van der Waals surface area contributed by atoms with Gasteiger partial charge in [0.2, 0.25) is 0 Å². The molecule has 2 aromatic rings. The fourth-order valence-electron chi connectivity index (χ4n) is 1.60. The second-order valence-corrected chi connectivity index (χ2v) is 6.49. The van der Waals surface area contributed by atoms with Crippen LogP contribution in [0.3, 0.4) is 0 Å². The summed E-state index contributed by atoms with van der Waals surface area (Å²) in [5.74, 6) is 0.465. The molecule has 0 aliphatic rings. The highest BCUT2D eigenvalue weighted by Crippen LogP contribution is 2.29. The summed E-state index contributed by atoms with van der Waals surface area (Å²) in [7, 11) is -2.59. The van der Waals surface area contributed by atoms with Crippen LogP contribution in [0.1, 0.15) is 0 Å². The number of benzene rings is 2. The minimum absolute atomic E-state index is 0.0162. The number of ether oxygens (including phenoxy) is 1. The molecule has 2 rings (SSSR count). The normalized spacial score (nSPS) is 11.0. The van der Waals surface area contributed by atoms with Crippen molar-refractivity contribution in [1.29, 1.82) is 0 Å². The van der Waals surface area contributed by atoms with Crippen molar-refractivity contribution >= 4 is 31.7 Å². The first-order chi connectivity index (χ1) is 10.3. The Morgan fingerprint density at radius 2 is 1.77 bits per heavy atom. The molecule has 0 unspecified atom stereocenters. The van der Waals surface area contributed by atoms with Crippen molar-refractivity contribution in [1.82, 2.24) is 0 Å². The van der Waals surface area contributed by atoms with Crippen LogP contribution in [0.25, 0.3) is 0 Å². The summed E-state index contributed by atoms with van der Waals surface area (Å²) in [6, 6.07) is 8.92. The number of nitro groups is 1. The largest absolute Gasteiger partial charge is 0.496 e.